The quantitative estimate of drug-likeness (QED) is 0.631. The van der Waals surface area contributed by atoms with Gasteiger partial charge in [-0.25, -0.2) is 0 Å². The number of nitrogens with two attached hydrogens (primary N) is 2. The first-order valence-electron chi connectivity index (χ1n) is 5.88. The Kier molecular flexibility index (Phi) is 5.23. The van der Waals surface area contributed by atoms with Crippen molar-refractivity contribution in [3.8, 4) is 22.6 Å². The highest BCUT2D eigenvalue weighted by atomic mass is 16.3. The van der Waals surface area contributed by atoms with Crippen LogP contribution in [0.2, 0.25) is 0 Å². The SMILES string of the molecule is C=C(N)C(=C)N.Oc1ccc(-c2ccccc2)c(O)c1. The molecule has 0 aliphatic rings. The van der Waals surface area contributed by atoms with Gasteiger partial charge in [-0.05, 0) is 17.7 Å². The zero-order chi connectivity index (χ0) is 15.1. The Hall–Kier alpha value is -2.88. The number of hydrogen-bond donors (Lipinski definition) is 4. The highest BCUT2D eigenvalue weighted by molar-refractivity contribution is 5.70. The van der Waals surface area contributed by atoms with Crippen molar-refractivity contribution in [1.82, 2.24) is 0 Å². The molecule has 0 fully saturated rings. The van der Waals surface area contributed by atoms with Gasteiger partial charge in [-0.1, -0.05) is 43.5 Å². The van der Waals surface area contributed by atoms with Crippen LogP contribution < -0.4 is 11.5 Å². The fourth-order valence-corrected chi connectivity index (χ4v) is 1.38. The molecule has 20 heavy (non-hydrogen) atoms. The Morgan fingerprint density at radius 1 is 0.850 bits per heavy atom. The molecule has 0 aliphatic heterocycles. The summed E-state index contributed by atoms with van der Waals surface area (Å²) >= 11 is 0. The van der Waals surface area contributed by atoms with Crippen molar-refractivity contribution in [2.75, 3.05) is 0 Å². The largest absolute Gasteiger partial charge is 0.508 e. The lowest BCUT2D eigenvalue weighted by molar-refractivity contribution is 0.452. The Balaban J connectivity index is 0.000000286. The molecule has 2 rings (SSSR count). The van der Waals surface area contributed by atoms with Crippen LogP contribution in [0.4, 0.5) is 0 Å². The number of rotatable bonds is 2. The van der Waals surface area contributed by atoms with Crippen molar-refractivity contribution in [2.45, 2.75) is 0 Å². The molecular weight excluding hydrogens is 252 g/mol. The lowest BCUT2D eigenvalue weighted by Gasteiger charge is -2.04. The van der Waals surface area contributed by atoms with Crippen molar-refractivity contribution in [3.63, 3.8) is 0 Å². The molecule has 0 amide bonds. The summed E-state index contributed by atoms with van der Waals surface area (Å²) in [4.78, 5) is 0. The number of phenolic OH excluding ortho intramolecular Hbond substituents is 2. The van der Waals surface area contributed by atoms with E-state index in [1.807, 2.05) is 30.3 Å². The third kappa shape index (κ3) is 4.42. The first-order valence-corrected chi connectivity index (χ1v) is 5.88. The van der Waals surface area contributed by atoms with Gasteiger partial charge in [-0.15, -0.1) is 0 Å². The second-order valence-electron chi connectivity index (χ2n) is 4.12. The van der Waals surface area contributed by atoms with Gasteiger partial charge in [0, 0.05) is 23.0 Å². The Labute approximate surface area is 118 Å². The summed E-state index contributed by atoms with van der Waals surface area (Å²) < 4.78 is 0. The van der Waals surface area contributed by atoms with Crippen LogP contribution >= 0.6 is 0 Å². The molecule has 2 aromatic rings. The number of hydrogen-bond acceptors (Lipinski definition) is 4. The average Bonchev–Trinajstić information content (AvgIpc) is 2.40. The lowest BCUT2D eigenvalue weighted by atomic mass is 10.0. The number of benzene rings is 2. The summed E-state index contributed by atoms with van der Waals surface area (Å²) in [7, 11) is 0. The molecule has 0 spiro atoms. The van der Waals surface area contributed by atoms with Crippen LogP contribution in [0.3, 0.4) is 0 Å². The van der Waals surface area contributed by atoms with E-state index >= 15 is 0 Å². The van der Waals surface area contributed by atoms with Gasteiger partial charge in [-0.3, -0.25) is 0 Å². The highest BCUT2D eigenvalue weighted by Crippen LogP contribution is 2.31. The van der Waals surface area contributed by atoms with E-state index in [4.69, 9.17) is 16.6 Å². The molecule has 0 heterocycles. The fraction of sp³-hybridized carbons (Fsp3) is 0. The van der Waals surface area contributed by atoms with Gasteiger partial charge in [0.05, 0.1) is 0 Å². The van der Waals surface area contributed by atoms with E-state index < -0.39 is 0 Å². The second kappa shape index (κ2) is 6.89. The topological polar surface area (TPSA) is 92.5 Å². The molecule has 0 aliphatic carbocycles. The van der Waals surface area contributed by atoms with E-state index in [9.17, 15) is 5.11 Å². The molecule has 0 bridgehead atoms. The van der Waals surface area contributed by atoms with Crippen LogP contribution in [0.1, 0.15) is 0 Å². The molecule has 0 radical (unpaired) electrons. The molecule has 4 nitrogen and oxygen atoms in total. The molecular formula is C16H18N2O2. The normalized spacial score (nSPS) is 9.20. The van der Waals surface area contributed by atoms with Crippen molar-refractivity contribution in [2.24, 2.45) is 11.5 Å². The standard InChI is InChI=1S/C12H10O2.C4H8N2/c13-10-6-7-11(12(14)8-10)9-4-2-1-3-5-9;1-3(5)4(2)6/h1-8,13-14H;1-2,5-6H2. The lowest BCUT2D eigenvalue weighted by Crippen LogP contribution is -2.05. The van der Waals surface area contributed by atoms with Crippen LogP contribution in [0, 0.1) is 0 Å². The number of phenols is 2. The van der Waals surface area contributed by atoms with Gasteiger partial charge in [0.15, 0.2) is 0 Å². The summed E-state index contributed by atoms with van der Waals surface area (Å²) in [5.74, 6) is 0.165. The van der Waals surface area contributed by atoms with Crippen molar-refractivity contribution in [1.29, 1.82) is 0 Å². The van der Waals surface area contributed by atoms with E-state index in [0.717, 1.165) is 11.1 Å². The van der Waals surface area contributed by atoms with E-state index in [2.05, 4.69) is 13.2 Å². The van der Waals surface area contributed by atoms with Gasteiger partial charge in [0.2, 0.25) is 0 Å². The fourth-order valence-electron chi connectivity index (χ4n) is 1.38. The minimum Gasteiger partial charge on any atom is -0.508 e. The predicted molar refractivity (Wildman–Crippen MR) is 81.9 cm³/mol. The Morgan fingerprint density at radius 3 is 1.85 bits per heavy atom. The summed E-state index contributed by atoms with van der Waals surface area (Å²) in [5.41, 5.74) is 12.4. The van der Waals surface area contributed by atoms with E-state index in [1.165, 1.54) is 6.07 Å². The van der Waals surface area contributed by atoms with Gasteiger partial charge >= 0.3 is 0 Å². The maximum absolute atomic E-state index is 9.58. The molecule has 4 heteroatoms. The van der Waals surface area contributed by atoms with Gasteiger partial charge in [0.25, 0.3) is 0 Å². The molecule has 0 saturated carbocycles. The van der Waals surface area contributed by atoms with Gasteiger partial charge in [-0.2, -0.15) is 0 Å². The van der Waals surface area contributed by atoms with Crippen LogP contribution in [-0.2, 0) is 0 Å². The smallest absolute Gasteiger partial charge is 0.127 e. The maximum atomic E-state index is 9.58. The Morgan fingerprint density at radius 2 is 1.40 bits per heavy atom. The average molecular weight is 270 g/mol. The summed E-state index contributed by atoms with van der Waals surface area (Å²) in [6.07, 6.45) is 0. The third-order valence-electron chi connectivity index (χ3n) is 2.48. The minimum absolute atomic E-state index is 0.0715. The molecule has 0 aromatic heterocycles. The molecule has 104 valence electrons. The number of aromatic hydroxyl groups is 2. The zero-order valence-electron chi connectivity index (χ0n) is 11.1. The van der Waals surface area contributed by atoms with Crippen molar-refractivity contribution in [3.05, 3.63) is 73.1 Å². The minimum atomic E-state index is 0.0715. The molecule has 6 N–H and O–H groups in total. The summed E-state index contributed by atoms with van der Waals surface area (Å²) in [6.45, 7) is 6.62. The second-order valence-corrected chi connectivity index (χ2v) is 4.12. The first kappa shape index (κ1) is 15.2. The zero-order valence-corrected chi connectivity index (χ0v) is 11.1. The highest BCUT2D eigenvalue weighted by Gasteiger charge is 2.03. The maximum Gasteiger partial charge on any atom is 0.127 e. The van der Waals surface area contributed by atoms with Crippen LogP contribution in [-0.4, -0.2) is 10.2 Å². The summed E-state index contributed by atoms with van der Waals surface area (Å²) in [5, 5.41) is 18.7. The van der Waals surface area contributed by atoms with Crippen molar-refractivity contribution < 1.29 is 10.2 Å². The van der Waals surface area contributed by atoms with E-state index in [1.54, 1.807) is 12.1 Å². The first-order chi connectivity index (χ1) is 9.41. The third-order valence-corrected chi connectivity index (χ3v) is 2.48. The van der Waals surface area contributed by atoms with Crippen LogP contribution in [0.15, 0.2) is 73.1 Å². The monoisotopic (exact) mass is 270 g/mol. The van der Waals surface area contributed by atoms with Crippen molar-refractivity contribution >= 4 is 0 Å². The van der Waals surface area contributed by atoms with Crippen LogP contribution in [0.25, 0.3) is 11.1 Å². The van der Waals surface area contributed by atoms with Crippen LogP contribution in [0.5, 0.6) is 11.5 Å². The molecule has 2 aromatic carbocycles. The molecule has 0 unspecified atom stereocenters. The molecule has 0 saturated heterocycles. The van der Waals surface area contributed by atoms with Gasteiger partial charge < -0.3 is 21.7 Å². The van der Waals surface area contributed by atoms with Gasteiger partial charge in [0.1, 0.15) is 11.5 Å². The molecule has 0 atom stereocenters. The van der Waals surface area contributed by atoms with E-state index in [-0.39, 0.29) is 11.5 Å². The Bertz CT molecular complexity index is 595. The predicted octanol–water partition coefficient (Wildman–Crippen LogP) is 2.70. The van der Waals surface area contributed by atoms with E-state index in [0.29, 0.717) is 11.4 Å². The summed E-state index contributed by atoms with van der Waals surface area (Å²) in [6, 6.07) is 14.1.